The average Bonchev–Trinajstić information content (AvgIpc) is 2.83. The number of carbonyl (C=O) groups excluding carboxylic acids is 1. The molecule has 1 saturated heterocycles. The van der Waals surface area contributed by atoms with Crippen LogP contribution in [0.1, 0.15) is 48.9 Å². The first-order valence-corrected chi connectivity index (χ1v) is 8.51. The Hall–Kier alpha value is -0.190. The van der Waals surface area contributed by atoms with Gasteiger partial charge in [0.25, 0.3) is 0 Å². The van der Waals surface area contributed by atoms with Gasteiger partial charge in [-0.2, -0.15) is 11.3 Å². The van der Waals surface area contributed by atoms with Crippen molar-refractivity contribution in [3.8, 4) is 0 Å². The van der Waals surface area contributed by atoms with E-state index in [1.807, 2.05) is 10.8 Å². The molecule has 3 rings (SSSR count). The van der Waals surface area contributed by atoms with E-state index in [0.29, 0.717) is 6.04 Å². The molecule has 0 radical (unpaired) electrons. The smallest absolute Gasteiger partial charge is 0.181 e. The second-order valence-electron chi connectivity index (χ2n) is 5.45. The van der Waals surface area contributed by atoms with Crippen LogP contribution in [-0.4, -0.2) is 17.9 Å². The van der Waals surface area contributed by atoms with Crippen molar-refractivity contribution in [2.45, 2.75) is 50.6 Å². The van der Waals surface area contributed by atoms with E-state index in [-0.39, 0.29) is 11.8 Å². The van der Waals surface area contributed by atoms with E-state index in [4.69, 9.17) is 0 Å². The second-order valence-corrected chi connectivity index (χ2v) is 7.04. The van der Waals surface area contributed by atoms with Gasteiger partial charge in [0.15, 0.2) is 5.78 Å². The van der Waals surface area contributed by atoms with Crippen molar-refractivity contribution >= 4 is 33.0 Å². The number of halogens is 1. The van der Waals surface area contributed by atoms with Crippen LogP contribution < -0.4 is 5.32 Å². The summed E-state index contributed by atoms with van der Waals surface area (Å²) in [5, 5.41) is 7.55. The van der Waals surface area contributed by atoms with Crippen molar-refractivity contribution < 1.29 is 4.79 Å². The van der Waals surface area contributed by atoms with Gasteiger partial charge in [-0.1, -0.05) is 12.8 Å². The maximum absolute atomic E-state index is 12.5. The lowest BCUT2D eigenvalue weighted by Crippen LogP contribution is -2.52. The van der Waals surface area contributed by atoms with Crippen molar-refractivity contribution in [3.63, 3.8) is 0 Å². The molecule has 1 aromatic heterocycles. The summed E-state index contributed by atoms with van der Waals surface area (Å²) in [4.78, 5) is 12.5. The molecule has 2 nitrogen and oxygen atoms in total. The molecule has 0 aromatic carbocycles. The molecule has 2 heterocycles. The Morgan fingerprint density at radius 3 is 2.83 bits per heavy atom. The predicted octanol–water partition coefficient (Wildman–Crippen LogP) is 4.00. The summed E-state index contributed by atoms with van der Waals surface area (Å²) in [6.07, 6.45) is 7.51. The molecule has 3 atom stereocenters. The van der Waals surface area contributed by atoms with Gasteiger partial charge < -0.3 is 5.32 Å². The summed E-state index contributed by atoms with van der Waals surface area (Å²) in [5.74, 6) is 1.08. The third-order valence-electron chi connectivity index (χ3n) is 4.35. The van der Waals surface area contributed by atoms with Gasteiger partial charge in [0.1, 0.15) is 0 Å². The lowest BCUT2D eigenvalue weighted by molar-refractivity contribution is 0.0861. The maximum atomic E-state index is 12.5. The number of Topliss-reactive ketones (excluding diaryl/α,β-unsaturated/α-hetero) is 1. The van der Waals surface area contributed by atoms with Crippen LogP contribution in [0, 0.1) is 5.92 Å². The van der Waals surface area contributed by atoms with Crippen LogP contribution in [0.5, 0.6) is 0 Å². The maximum Gasteiger partial charge on any atom is 0.181 e. The largest absolute Gasteiger partial charge is 0.304 e. The normalized spacial score (nSPS) is 31.9. The quantitative estimate of drug-likeness (QED) is 0.831. The van der Waals surface area contributed by atoms with Crippen LogP contribution in [0.15, 0.2) is 15.2 Å². The van der Waals surface area contributed by atoms with Crippen molar-refractivity contribution in [2.75, 3.05) is 0 Å². The topological polar surface area (TPSA) is 29.1 Å². The first-order valence-electron chi connectivity index (χ1n) is 6.77. The number of piperidine rings is 1. The molecule has 1 aliphatic carbocycles. The van der Waals surface area contributed by atoms with E-state index in [0.717, 1.165) is 22.4 Å². The predicted molar refractivity (Wildman–Crippen MR) is 78.3 cm³/mol. The van der Waals surface area contributed by atoms with Gasteiger partial charge >= 0.3 is 0 Å². The summed E-state index contributed by atoms with van der Waals surface area (Å²) in [7, 11) is 0. The molecule has 18 heavy (non-hydrogen) atoms. The van der Waals surface area contributed by atoms with Gasteiger partial charge in [0.2, 0.25) is 0 Å². The average molecular weight is 328 g/mol. The molecule has 0 spiro atoms. The number of ketones is 1. The minimum Gasteiger partial charge on any atom is -0.304 e. The molecule has 0 bridgehead atoms. The highest BCUT2D eigenvalue weighted by atomic mass is 79.9. The summed E-state index contributed by atoms with van der Waals surface area (Å²) in [6, 6.07) is 0.620. The van der Waals surface area contributed by atoms with Gasteiger partial charge in [-0.3, -0.25) is 4.79 Å². The first kappa shape index (κ1) is 12.8. The minimum absolute atomic E-state index is 0.0373. The summed E-state index contributed by atoms with van der Waals surface area (Å²) in [6.45, 7) is 0. The van der Waals surface area contributed by atoms with Crippen LogP contribution in [0.25, 0.3) is 0 Å². The van der Waals surface area contributed by atoms with Gasteiger partial charge in [-0.05, 0) is 47.5 Å². The van der Waals surface area contributed by atoms with Gasteiger partial charge in [0.05, 0.1) is 6.04 Å². The van der Waals surface area contributed by atoms with Gasteiger partial charge in [-0.15, -0.1) is 0 Å². The van der Waals surface area contributed by atoms with Crippen LogP contribution in [0.3, 0.4) is 0 Å². The van der Waals surface area contributed by atoms with Crippen molar-refractivity contribution in [1.29, 1.82) is 0 Å². The summed E-state index contributed by atoms with van der Waals surface area (Å²) < 4.78 is 0.949. The highest BCUT2D eigenvalue weighted by molar-refractivity contribution is 9.10. The molecular formula is C14H18BrNOS. The zero-order valence-corrected chi connectivity index (χ0v) is 12.7. The van der Waals surface area contributed by atoms with E-state index in [2.05, 4.69) is 21.2 Å². The third kappa shape index (κ3) is 2.43. The molecule has 1 saturated carbocycles. The van der Waals surface area contributed by atoms with E-state index in [1.54, 1.807) is 11.3 Å². The molecule has 2 fully saturated rings. The number of nitrogens with one attached hydrogen (secondary N) is 1. The number of hydrogen-bond donors (Lipinski definition) is 1. The molecule has 3 unspecified atom stereocenters. The Balaban J connectivity index is 1.70. The fourth-order valence-electron chi connectivity index (χ4n) is 3.35. The van der Waals surface area contributed by atoms with Crippen LogP contribution >= 0.6 is 27.3 Å². The number of rotatable bonds is 2. The molecular weight excluding hydrogens is 310 g/mol. The molecule has 1 N–H and O–H groups in total. The zero-order chi connectivity index (χ0) is 12.5. The Bertz CT molecular complexity index is 445. The number of fused-ring (bicyclic) bond motifs is 1. The molecule has 0 amide bonds. The molecule has 2 aliphatic rings. The molecule has 4 heteroatoms. The van der Waals surface area contributed by atoms with Gasteiger partial charge in [0, 0.05) is 26.8 Å². The van der Waals surface area contributed by atoms with E-state index in [1.165, 1.54) is 32.1 Å². The van der Waals surface area contributed by atoms with Crippen LogP contribution in [0.2, 0.25) is 0 Å². The van der Waals surface area contributed by atoms with Gasteiger partial charge in [-0.25, -0.2) is 0 Å². The van der Waals surface area contributed by atoms with E-state index in [9.17, 15) is 4.79 Å². The van der Waals surface area contributed by atoms with E-state index >= 15 is 0 Å². The minimum atomic E-state index is 0.0373. The fraction of sp³-hybridized carbons (Fsp3) is 0.643. The Kier molecular flexibility index (Phi) is 3.87. The molecule has 1 aromatic rings. The SMILES string of the molecule is O=C(c1cscc1Br)C1CCC2CCCCC2N1. The lowest BCUT2D eigenvalue weighted by Gasteiger charge is -2.39. The Morgan fingerprint density at radius 2 is 2.06 bits per heavy atom. The third-order valence-corrected chi connectivity index (χ3v) is 6.05. The fourth-order valence-corrected chi connectivity index (χ4v) is 4.83. The highest BCUT2D eigenvalue weighted by Crippen LogP contribution is 2.33. The standard InChI is InChI=1S/C14H18BrNOS/c15-11-8-18-7-10(11)14(17)13-6-5-9-3-1-2-4-12(9)16-13/h7-9,12-13,16H,1-6H2. The Labute approximate surface area is 120 Å². The van der Waals surface area contributed by atoms with Crippen LogP contribution in [-0.2, 0) is 0 Å². The highest BCUT2D eigenvalue weighted by Gasteiger charge is 2.35. The monoisotopic (exact) mass is 327 g/mol. The van der Waals surface area contributed by atoms with Crippen molar-refractivity contribution in [1.82, 2.24) is 5.32 Å². The van der Waals surface area contributed by atoms with E-state index < -0.39 is 0 Å². The molecule has 1 aliphatic heterocycles. The number of thiophene rings is 1. The van der Waals surface area contributed by atoms with Crippen LogP contribution in [0.4, 0.5) is 0 Å². The second kappa shape index (κ2) is 5.43. The van der Waals surface area contributed by atoms with Crippen molar-refractivity contribution in [3.05, 3.63) is 20.8 Å². The Morgan fingerprint density at radius 1 is 1.22 bits per heavy atom. The summed E-state index contributed by atoms with van der Waals surface area (Å²) >= 11 is 5.05. The molecule has 98 valence electrons. The number of carbonyl (C=O) groups is 1. The zero-order valence-electron chi connectivity index (χ0n) is 10.3. The summed E-state index contributed by atoms with van der Waals surface area (Å²) in [5.41, 5.74) is 0.853. The number of hydrogen-bond acceptors (Lipinski definition) is 3. The first-order chi connectivity index (χ1) is 8.75. The lowest BCUT2D eigenvalue weighted by atomic mass is 9.77. The van der Waals surface area contributed by atoms with Crippen molar-refractivity contribution in [2.24, 2.45) is 5.92 Å².